The second-order valence-corrected chi connectivity index (χ2v) is 7.04. The van der Waals surface area contributed by atoms with Crippen LogP contribution >= 0.6 is 0 Å². The molecule has 1 saturated carbocycles. The van der Waals surface area contributed by atoms with Crippen LogP contribution in [0, 0.1) is 5.41 Å². The fourth-order valence-corrected chi connectivity index (χ4v) is 3.08. The number of carbonyl (C=O) groups is 1. The van der Waals surface area contributed by atoms with Gasteiger partial charge < -0.3 is 5.73 Å². The van der Waals surface area contributed by atoms with Crippen molar-refractivity contribution in [2.45, 2.75) is 51.6 Å². The molecule has 0 heterocycles. The summed E-state index contributed by atoms with van der Waals surface area (Å²) in [6.45, 7) is 8.35. The molecule has 0 bridgehead atoms. The number of hydrogen-bond acceptors (Lipinski definition) is 2. The van der Waals surface area contributed by atoms with Gasteiger partial charge >= 0.3 is 0 Å². The predicted molar refractivity (Wildman–Crippen MR) is 77.7 cm³/mol. The highest BCUT2D eigenvalue weighted by molar-refractivity contribution is 5.90. The molecule has 0 saturated heterocycles. The Bertz CT molecular complexity index is 477. The van der Waals surface area contributed by atoms with Crippen LogP contribution in [0.5, 0.6) is 0 Å². The molecule has 0 spiro atoms. The summed E-state index contributed by atoms with van der Waals surface area (Å²) < 4.78 is 0. The quantitative estimate of drug-likeness (QED) is 0.872. The van der Waals surface area contributed by atoms with E-state index in [0.29, 0.717) is 0 Å². The van der Waals surface area contributed by atoms with Gasteiger partial charge in [0.2, 0.25) is 5.91 Å². The van der Waals surface area contributed by atoms with Crippen LogP contribution in [0.3, 0.4) is 0 Å². The summed E-state index contributed by atoms with van der Waals surface area (Å²) in [6.07, 6.45) is 1.68. The van der Waals surface area contributed by atoms with E-state index in [9.17, 15) is 4.79 Å². The number of primary amides is 1. The topological polar surface area (TPSA) is 55.1 Å². The lowest BCUT2D eigenvalue weighted by Gasteiger charge is -2.30. The van der Waals surface area contributed by atoms with Crippen LogP contribution in [0.2, 0.25) is 0 Å². The first-order valence-corrected chi connectivity index (χ1v) is 6.82. The molecule has 1 aliphatic carbocycles. The second-order valence-electron chi connectivity index (χ2n) is 7.04. The van der Waals surface area contributed by atoms with Crippen molar-refractivity contribution in [3.05, 3.63) is 35.9 Å². The number of hydrogen-bond donors (Lipinski definition) is 2. The lowest BCUT2D eigenvalue weighted by molar-refractivity contribution is -0.122. The lowest BCUT2D eigenvalue weighted by atomic mass is 9.91. The third-order valence-corrected chi connectivity index (χ3v) is 4.01. The Morgan fingerprint density at radius 3 is 2.37 bits per heavy atom. The number of carbonyl (C=O) groups excluding carboxylic acids is 1. The molecule has 3 heteroatoms. The fourth-order valence-electron chi connectivity index (χ4n) is 3.08. The summed E-state index contributed by atoms with van der Waals surface area (Å²) >= 11 is 0. The fraction of sp³-hybridized carbons (Fsp3) is 0.562. The Morgan fingerprint density at radius 1 is 1.32 bits per heavy atom. The highest BCUT2D eigenvalue weighted by Crippen LogP contribution is 2.58. The first-order chi connectivity index (χ1) is 8.69. The van der Waals surface area contributed by atoms with E-state index in [1.54, 1.807) is 0 Å². The lowest BCUT2D eigenvalue weighted by Crippen LogP contribution is -2.55. The molecule has 0 radical (unpaired) electrons. The van der Waals surface area contributed by atoms with Crippen LogP contribution in [0.1, 0.15) is 39.7 Å². The smallest absolute Gasteiger partial charge is 0.238 e. The highest BCUT2D eigenvalue weighted by atomic mass is 16.1. The molecule has 1 amide bonds. The standard InChI is InChI=1S/C16H24N2O/c1-14(2,3)18-16(13(17)19)11-15(16,4)10-12-8-6-5-7-9-12/h5-9,18H,10-11H2,1-4H3,(H2,17,19)/t15-,16-/m1/s1. The maximum atomic E-state index is 11.9. The van der Waals surface area contributed by atoms with Crippen LogP contribution in [0.25, 0.3) is 0 Å². The molecule has 1 fully saturated rings. The summed E-state index contributed by atoms with van der Waals surface area (Å²) in [7, 11) is 0. The summed E-state index contributed by atoms with van der Waals surface area (Å²) in [5, 5.41) is 3.44. The minimum Gasteiger partial charge on any atom is -0.368 e. The van der Waals surface area contributed by atoms with E-state index >= 15 is 0 Å². The van der Waals surface area contributed by atoms with Gasteiger partial charge in [0.25, 0.3) is 0 Å². The minimum absolute atomic E-state index is 0.0898. The Kier molecular flexibility index (Phi) is 3.21. The zero-order valence-corrected chi connectivity index (χ0v) is 12.3. The van der Waals surface area contributed by atoms with Crippen molar-refractivity contribution in [3.8, 4) is 0 Å². The molecule has 1 aromatic carbocycles. The van der Waals surface area contributed by atoms with Crippen molar-refractivity contribution >= 4 is 5.91 Å². The molecule has 1 aliphatic rings. The number of rotatable bonds is 4. The Labute approximate surface area is 115 Å². The van der Waals surface area contributed by atoms with E-state index in [4.69, 9.17) is 5.73 Å². The summed E-state index contributed by atoms with van der Waals surface area (Å²) in [4.78, 5) is 11.9. The zero-order valence-electron chi connectivity index (χ0n) is 12.3. The van der Waals surface area contributed by atoms with Gasteiger partial charge in [-0.05, 0) is 39.2 Å². The predicted octanol–water partition coefficient (Wildman–Crippen LogP) is 2.25. The summed E-state index contributed by atoms with van der Waals surface area (Å²) in [6, 6.07) is 10.3. The van der Waals surface area contributed by atoms with Gasteiger partial charge in [-0.3, -0.25) is 10.1 Å². The van der Waals surface area contributed by atoms with Gasteiger partial charge in [-0.1, -0.05) is 37.3 Å². The van der Waals surface area contributed by atoms with Gasteiger partial charge in [-0.15, -0.1) is 0 Å². The van der Waals surface area contributed by atoms with Crippen molar-refractivity contribution in [1.82, 2.24) is 5.32 Å². The maximum Gasteiger partial charge on any atom is 0.238 e. The number of nitrogens with one attached hydrogen (secondary N) is 1. The third kappa shape index (κ3) is 2.66. The molecule has 0 aliphatic heterocycles. The van der Waals surface area contributed by atoms with E-state index in [0.717, 1.165) is 12.8 Å². The van der Waals surface area contributed by atoms with Gasteiger partial charge in [-0.2, -0.15) is 0 Å². The molecule has 0 aromatic heterocycles. The van der Waals surface area contributed by atoms with Crippen molar-refractivity contribution in [2.75, 3.05) is 0 Å². The van der Waals surface area contributed by atoms with Crippen LogP contribution in [0.15, 0.2) is 30.3 Å². The van der Waals surface area contributed by atoms with Crippen LogP contribution in [-0.4, -0.2) is 17.0 Å². The average molecular weight is 260 g/mol. The van der Waals surface area contributed by atoms with Crippen LogP contribution in [-0.2, 0) is 11.2 Å². The van der Waals surface area contributed by atoms with Crippen molar-refractivity contribution in [3.63, 3.8) is 0 Å². The molecule has 104 valence electrons. The zero-order chi connectivity index (χ0) is 14.3. The molecule has 1 aromatic rings. The van der Waals surface area contributed by atoms with Gasteiger partial charge in [-0.25, -0.2) is 0 Å². The van der Waals surface area contributed by atoms with E-state index in [-0.39, 0.29) is 16.9 Å². The molecule has 2 rings (SSSR count). The van der Waals surface area contributed by atoms with Crippen molar-refractivity contribution in [1.29, 1.82) is 0 Å². The first kappa shape index (κ1) is 14.1. The molecule has 19 heavy (non-hydrogen) atoms. The Morgan fingerprint density at radius 2 is 1.89 bits per heavy atom. The van der Waals surface area contributed by atoms with Crippen LogP contribution in [0.4, 0.5) is 0 Å². The average Bonchev–Trinajstić information content (AvgIpc) is 2.83. The summed E-state index contributed by atoms with van der Waals surface area (Å²) in [5.74, 6) is -0.235. The normalized spacial score (nSPS) is 30.1. The molecular formula is C16H24N2O. The Hall–Kier alpha value is -1.35. The van der Waals surface area contributed by atoms with Crippen molar-refractivity contribution < 1.29 is 4.79 Å². The Balaban J connectivity index is 2.19. The largest absolute Gasteiger partial charge is 0.368 e. The van der Waals surface area contributed by atoms with E-state index < -0.39 is 5.54 Å². The molecule has 3 nitrogen and oxygen atoms in total. The first-order valence-electron chi connectivity index (χ1n) is 6.82. The van der Waals surface area contributed by atoms with Gasteiger partial charge in [0.15, 0.2) is 0 Å². The van der Waals surface area contributed by atoms with E-state index in [1.165, 1.54) is 5.56 Å². The third-order valence-electron chi connectivity index (χ3n) is 4.01. The van der Waals surface area contributed by atoms with E-state index in [2.05, 4.69) is 45.1 Å². The number of benzene rings is 1. The molecule has 2 atom stereocenters. The summed E-state index contributed by atoms with van der Waals surface area (Å²) in [5.41, 5.74) is 6.14. The maximum absolute atomic E-state index is 11.9. The second kappa shape index (κ2) is 4.34. The van der Waals surface area contributed by atoms with Gasteiger partial charge in [0.1, 0.15) is 5.54 Å². The number of nitrogens with two attached hydrogens (primary N) is 1. The molecule has 0 unspecified atom stereocenters. The SMILES string of the molecule is CC(C)(C)N[C@@]1(C(N)=O)C[C@@]1(C)Cc1ccccc1. The van der Waals surface area contributed by atoms with Gasteiger partial charge in [0.05, 0.1) is 0 Å². The monoisotopic (exact) mass is 260 g/mol. The van der Waals surface area contributed by atoms with E-state index in [1.807, 2.05) is 18.2 Å². The highest BCUT2D eigenvalue weighted by Gasteiger charge is 2.68. The molecular weight excluding hydrogens is 236 g/mol. The minimum atomic E-state index is -0.568. The van der Waals surface area contributed by atoms with Crippen LogP contribution < -0.4 is 11.1 Å². The van der Waals surface area contributed by atoms with Gasteiger partial charge in [0, 0.05) is 11.0 Å². The number of amides is 1. The van der Waals surface area contributed by atoms with Crippen molar-refractivity contribution in [2.24, 2.45) is 11.1 Å². The molecule has 3 N–H and O–H groups in total.